The van der Waals surface area contributed by atoms with Crippen LogP contribution in [0.15, 0.2) is 33.9 Å². The largest absolute Gasteiger partial charge is 0.466 e. The van der Waals surface area contributed by atoms with Crippen LogP contribution in [0.5, 0.6) is 0 Å². The Balaban J connectivity index is 1.80. The molecule has 0 unspecified atom stereocenters. The summed E-state index contributed by atoms with van der Waals surface area (Å²) in [5.74, 6) is -0.727. The summed E-state index contributed by atoms with van der Waals surface area (Å²) in [5.41, 5.74) is -0.375. The smallest absolute Gasteiger partial charge is 0.331 e. The lowest BCUT2D eigenvalue weighted by Crippen LogP contribution is -2.47. The van der Waals surface area contributed by atoms with Gasteiger partial charge in [-0.3, -0.25) is 23.5 Å². The number of likely N-dealkylation sites (tertiary alicyclic amines) is 1. The van der Waals surface area contributed by atoms with Crippen LogP contribution in [0.2, 0.25) is 0 Å². The van der Waals surface area contributed by atoms with Crippen molar-refractivity contribution in [3.05, 3.63) is 45.1 Å². The Bertz CT molecular complexity index is 999. The van der Waals surface area contributed by atoms with Crippen LogP contribution in [0.3, 0.4) is 0 Å². The molecule has 0 N–H and O–H groups in total. The van der Waals surface area contributed by atoms with E-state index in [4.69, 9.17) is 4.74 Å². The Morgan fingerprint density at radius 1 is 1.07 bits per heavy atom. The van der Waals surface area contributed by atoms with Crippen molar-refractivity contribution < 1.29 is 14.3 Å². The highest BCUT2D eigenvalue weighted by molar-refractivity contribution is 5.80. The number of ether oxygens (including phenoxy) is 1. The minimum atomic E-state index is -0.485. The molecule has 0 saturated carbocycles. The molecule has 1 aliphatic heterocycles. The molecule has 150 valence electrons. The van der Waals surface area contributed by atoms with Crippen molar-refractivity contribution in [2.24, 2.45) is 5.92 Å². The molecule has 1 aliphatic rings. The quantitative estimate of drug-likeness (QED) is 0.714. The zero-order chi connectivity index (χ0) is 20.3. The molecule has 8 heteroatoms. The number of fused-ring (bicyclic) bond motifs is 1. The normalized spacial score (nSPS) is 15.0. The predicted molar refractivity (Wildman–Crippen MR) is 104 cm³/mol. The number of aryl methyl sites for hydroxylation is 1. The molecule has 3 rings (SSSR count). The Kier molecular flexibility index (Phi) is 5.96. The van der Waals surface area contributed by atoms with E-state index < -0.39 is 11.2 Å². The van der Waals surface area contributed by atoms with Gasteiger partial charge < -0.3 is 9.64 Å². The molecule has 1 aromatic heterocycles. The van der Waals surface area contributed by atoms with Crippen molar-refractivity contribution in [1.29, 1.82) is 0 Å². The third-order valence-electron chi connectivity index (χ3n) is 5.21. The molecule has 0 radical (unpaired) electrons. The van der Waals surface area contributed by atoms with E-state index in [1.807, 2.05) is 6.92 Å². The van der Waals surface area contributed by atoms with E-state index >= 15 is 0 Å². The van der Waals surface area contributed by atoms with Crippen molar-refractivity contribution in [2.75, 3.05) is 19.7 Å². The van der Waals surface area contributed by atoms with E-state index in [-0.39, 0.29) is 24.3 Å². The summed E-state index contributed by atoms with van der Waals surface area (Å²) in [5, 5.41) is 0.415. The van der Waals surface area contributed by atoms with Crippen LogP contribution in [-0.2, 0) is 27.4 Å². The second-order valence-corrected chi connectivity index (χ2v) is 6.84. The van der Waals surface area contributed by atoms with Crippen LogP contribution >= 0.6 is 0 Å². The van der Waals surface area contributed by atoms with Gasteiger partial charge in [0.1, 0.15) is 6.54 Å². The van der Waals surface area contributed by atoms with Gasteiger partial charge >= 0.3 is 11.7 Å². The Hall–Kier alpha value is -2.90. The average Bonchev–Trinajstić information content (AvgIpc) is 2.71. The number of para-hydroxylation sites is 1. The van der Waals surface area contributed by atoms with Crippen LogP contribution < -0.4 is 11.2 Å². The van der Waals surface area contributed by atoms with E-state index in [1.54, 1.807) is 36.1 Å². The standard InChI is InChI=1S/C20H25N3O5/c1-3-22-16-8-6-5-7-15(16)18(25)23(20(22)27)13-17(24)21-11-9-14(10-12-21)19(26)28-4-2/h5-8,14H,3-4,9-13H2,1-2H3. The van der Waals surface area contributed by atoms with Gasteiger partial charge in [-0.2, -0.15) is 0 Å². The molecule has 1 fully saturated rings. The fraction of sp³-hybridized carbons (Fsp3) is 0.500. The van der Waals surface area contributed by atoms with Gasteiger partial charge in [-0.05, 0) is 38.8 Å². The third-order valence-corrected chi connectivity index (χ3v) is 5.21. The number of esters is 1. The maximum atomic E-state index is 12.8. The summed E-state index contributed by atoms with van der Waals surface area (Å²) in [6.07, 6.45) is 1.05. The monoisotopic (exact) mass is 387 g/mol. The Labute approximate surface area is 162 Å². The Morgan fingerprint density at radius 3 is 2.39 bits per heavy atom. The molecular weight excluding hydrogens is 362 g/mol. The molecular formula is C20H25N3O5. The highest BCUT2D eigenvalue weighted by atomic mass is 16.5. The number of rotatable bonds is 5. The van der Waals surface area contributed by atoms with E-state index in [0.29, 0.717) is 50.0 Å². The molecule has 28 heavy (non-hydrogen) atoms. The zero-order valence-corrected chi connectivity index (χ0v) is 16.2. The van der Waals surface area contributed by atoms with E-state index in [1.165, 1.54) is 4.57 Å². The first-order valence-corrected chi connectivity index (χ1v) is 9.64. The van der Waals surface area contributed by atoms with Gasteiger partial charge in [-0.25, -0.2) is 4.79 Å². The summed E-state index contributed by atoms with van der Waals surface area (Å²) in [4.78, 5) is 51.7. The predicted octanol–water partition coefficient (Wildman–Crippen LogP) is 0.985. The first-order valence-electron chi connectivity index (χ1n) is 9.64. The summed E-state index contributed by atoms with van der Waals surface area (Å²) in [7, 11) is 0. The molecule has 0 aliphatic carbocycles. The third kappa shape index (κ3) is 3.72. The second-order valence-electron chi connectivity index (χ2n) is 6.84. The molecule has 1 amide bonds. The van der Waals surface area contributed by atoms with Gasteiger partial charge in [-0.15, -0.1) is 0 Å². The number of carbonyl (C=O) groups excluding carboxylic acids is 2. The number of piperidine rings is 1. The fourth-order valence-corrected chi connectivity index (χ4v) is 3.68. The highest BCUT2D eigenvalue weighted by Gasteiger charge is 2.28. The van der Waals surface area contributed by atoms with Gasteiger partial charge in [0.25, 0.3) is 5.56 Å². The van der Waals surface area contributed by atoms with Gasteiger partial charge in [0.05, 0.1) is 23.4 Å². The number of hydrogen-bond donors (Lipinski definition) is 0. The second kappa shape index (κ2) is 8.41. The van der Waals surface area contributed by atoms with Crippen LogP contribution in [-0.4, -0.2) is 45.6 Å². The van der Waals surface area contributed by atoms with Crippen molar-refractivity contribution in [3.8, 4) is 0 Å². The van der Waals surface area contributed by atoms with Crippen LogP contribution in [0.4, 0.5) is 0 Å². The number of aromatic nitrogens is 2. The first-order chi connectivity index (χ1) is 13.5. The lowest BCUT2D eigenvalue weighted by molar-refractivity contribution is -0.151. The van der Waals surface area contributed by atoms with E-state index in [0.717, 1.165) is 4.57 Å². The first kappa shape index (κ1) is 19.9. The zero-order valence-electron chi connectivity index (χ0n) is 16.2. The van der Waals surface area contributed by atoms with Crippen LogP contribution in [0.25, 0.3) is 10.9 Å². The molecule has 0 atom stereocenters. The lowest BCUT2D eigenvalue weighted by Gasteiger charge is -2.31. The molecule has 2 aromatic rings. The van der Waals surface area contributed by atoms with Crippen molar-refractivity contribution in [3.63, 3.8) is 0 Å². The maximum Gasteiger partial charge on any atom is 0.331 e. The molecule has 8 nitrogen and oxygen atoms in total. The average molecular weight is 387 g/mol. The van der Waals surface area contributed by atoms with Crippen molar-refractivity contribution >= 4 is 22.8 Å². The molecule has 1 aromatic carbocycles. The summed E-state index contributed by atoms with van der Waals surface area (Å²) >= 11 is 0. The number of hydrogen-bond acceptors (Lipinski definition) is 5. The molecule has 1 saturated heterocycles. The fourth-order valence-electron chi connectivity index (χ4n) is 3.68. The van der Waals surface area contributed by atoms with Gasteiger partial charge in [0.2, 0.25) is 5.91 Å². The SMILES string of the molecule is CCOC(=O)C1CCN(C(=O)Cn2c(=O)c3ccccc3n(CC)c2=O)CC1. The van der Waals surface area contributed by atoms with E-state index in [9.17, 15) is 19.2 Å². The summed E-state index contributed by atoms with van der Waals surface area (Å²) in [6, 6.07) is 6.90. The minimum absolute atomic E-state index is 0.204. The number of benzene rings is 1. The summed E-state index contributed by atoms with van der Waals surface area (Å²) in [6.45, 7) is 4.85. The van der Waals surface area contributed by atoms with Gasteiger partial charge in [0.15, 0.2) is 0 Å². The van der Waals surface area contributed by atoms with Gasteiger partial charge in [-0.1, -0.05) is 12.1 Å². The maximum absolute atomic E-state index is 12.8. The van der Waals surface area contributed by atoms with Gasteiger partial charge in [0, 0.05) is 19.6 Å². The topological polar surface area (TPSA) is 90.6 Å². The number of carbonyl (C=O) groups is 2. The highest BCUT2D eigenvalue weighted by Crippen LogP contribution is 2.19. The van der Waals surface area contributed by atoms with Crippen LogP contribution in [0, 0.1) is 5.92 Å². The number of amides is 1. The molecule has 0 bridgehead atoms. The Morgan fingerprint density at radius 2 is 1.75 bits per heavy atom. The van der Waals surface area contributed by atoms with Crippen molar-refractivity contribution in [1.82, 2.24) is 14.0 Å². The van der Waals surface area contributed by atoms with E-state index in [2.05, 4.69) is 0 Å². The van der Waals surface area contributed by atoms with Crippen LogP contribution in [0.1, 0.15) is 26.7 Å². The van der Waals surface area contributed by atoms with Crippen molar-refractivity contribution in [2.45, 2.75) is 39.8 Å². The molecule has 2 heterocycles. The minimum Gasteiger partial charge on any atom is -0.466 e. The number of nitrogens with zero attached hydrogens (tertiary/aromatic N) is 3. The lowest BCUT2D eigenvalue weighted by atomic mass is 9.97. The molecule has 0 spiro atoms. The summed E-state index contributed by atoms with van der Waals surface area (Å²) < 4.78 is 7.54.